The fourth-order valence-electron chi connectivity index (χ4n) is 2.90. The molecule has 2 N–H and O–H groups in total. The number of nitrogens with zero attached hydrogens (tertiary/aromatic N) is 2. The molecule has 29 heavy (non-hydrogen) atoms. The quantitative estimate of drug-likeness (QED) is 0.523. The van der Waals surface area contributed by atoms with Gasteiger partial charge in [-0.1, -0.05) is 25.9 Å². The predicted molar refractivity (Wildman–Crippen MR) is 111 cm³/mol. The Balaban J connectivity index is 1.50. The summed E-state index contributed by atoms with van der Waals surface area (Å²) in [6, 6.07) is 14.8. The maximum Gasteiger partial charge on any atom is 0.272 e. The zero-order chi connectivity index (χ0) is 20.6. The van der Waals surface area contributed by atoms with Crippen molar-refractivity contribution < 1.29 is 14.1 Å². The average molecular weight is 390 g/mol. The van der Waals surface area contributed by atoms with E-state index in [-0.39, 0.29) is 11.3 Å². The number of methoxy groups -OCH3 is 1. The highest BCUT2D eigenvalue weighted by Gasteiger charge is 2.22. The van der Waals surface area contributed by atoms with Crippen molar-refractivity contribution in [2.45, 2.75) is 26.2 Å². The van der Waals surface area contributed by atoms with Crippen LogP contribution in [0, 0.1) is 0 Å². The summed E-state index contributed by atoms with van der Waals surface area (Å²) in [6.07, 6.45) is 0. The van der Waals surface area contributed by atoms with Gasteiger partial charge in [-0.15, -0.1) is 0 Å². The number of hydrogen-bond donors (Lipinski definition) is 2. The number of nitrogens with one attached hydrogen (secondary N) is 2. The minimum atomic E-state index is -0.220. The Morgan fingerprint density at radius 2 is 1.86 bits per heavy atom. The first-order valence-corrected chi connectivity index (χ1v) is 9.26. The van der Waals surface area contributed by atoms with Crippen LogP contribution in [0.15, 0.2) is 53.1 Å². The largest absolute Gasteiger partial charge is 0.497 e. The number of ether oxygens (including phenoxy) is 1. The molecule has 0 aliphatic heterocycles. The molecule has 0 atom stereocenters. The molecule has 2 heterocycles. The maximum absolute atomic E-state index is 12.6. The number of benzene rings is 2. The summed E-state index contributed by atoms with van der Waals surface area (Å²) < 4.78 is 10.6. The summed E-state index contributed by atoms with van der Waals surface area (Å²) in [5.74, 6) is 1.62. The topological polar surface area (TPSA) is 93.0 Å². The van der Waals surface area contributed by atoms with Crippen molar-refractivity contribution >= 4 is 22.5 Å². The number of aromatic nitrogens is 3. The van der Waals surface area contributed by atoms with Crippen molar-refractivity contribution in [3.8, 4) is 17.1 Å². The van der Waals surface area contributed by atoms with Gasteiger partial charge in [-0.2, -0.15) is 4.98 Å². The van der Waals surface area contributed by atoms with Crippen LogP contribution in [0.5, 0.6) is 5.75 Å². The van der Waals surface area contributed by atoms with Crippen LogP contribution in [-0.2, 0) is 5.41 Å². The first-order valence-electron chi connectivity index (χ1n) is 9.26. The molecule has 0 radical (unpaired) electrons. The fraction of sp³-hybridized carbons (Fsp3) is 0.227. The van der Waals surface area contributed by atoms with Gasteiger partial charge in [0.1, 0.15) is 11.4 Å². The van der Waals surface area contributed by atoms with Crippen molar-refractivity contribution in [2.75, 3.05) is 12.4 Å². The van der Waals surface area contributed by atoms with Gasteiger partial charge in [0.05, 0.1) is 7.11 Å². The number of carbonyl (C=O) groups excluding carboxylic acids is 1. The van der Waals surface area contributed by atoms with Gasteiger partial charge in [-0.25, -0.2) is 0 Å². The normalized spacial score (nSPS) is 11.6. The van der Waals surface area contributed by atoms with E-state index in [9.17, 15) is 4.79 Å². The second-order valence-corrected chi connectivity index (χ2v) is 7.84. The van der Waals surface area contributed by atoms with E-state index in [1.807, 2.05) is 69.3 Å². The number of H-pyrrole nitrogens is 1. The molecule has 4 aromatic rings. The van der Waals surface area contributed by atoms with Crippen LogP contribution in [0.4, 0.5) is 5.69 Å². The average Bonchev–Trinajstić information content (AvgIpc) is 3.35. The molecule has 2 aromatic carbocycles. The van der Waals surface area contributed by atoms with Crippen LogP contribution in [0.2, 0.25) is 0 Å². The standard InChI is InChI=1S/C22H22N4O3/c1-22(2,3)21-25-19(26-29-21)13-5-8-15(9-6-13)23-20(27)18-11-14-7-10-16(28-4)12-17(14)24-18/h5-12,24H,1-4H3,(H,23,27). The van der Waals surface area contributed by atoms with E-state index >= 15 is 0 Å². The van der Waals surface area contributed by atoms with Crippen LogP contribution in [0.3, 0.4) is 0 Å². The molecular formula is C22H22N4O3. The molecule has 0 aliphatic rings. The van der Waals surface area contributed by atoms with Gasteiger partial charge in [0.15, 0.2) is 0 Å². The lowest BCUT2D eigenvalue weighted by Crippen LogP contribution is -2.12. The van der Waals surface area contributed by atoms with Gasteiger partial charge in [0, 0.05) is 33.6 Å². The van der Waals surface area contributed by atoms with Crippen LogP contribution >= 0.6 is 0 Å². The lowest BCUT2D eigenvalue weighted by Gasteiger charge is -2.10. The van der Waals surface area contributed by atoms with Crippen molar-refractivity contribution in [2.24, 2.45) is 0 Å². The third kappa shape index (κ3) is 3.85. The Kier molecular flexibility index (Phi) is 4.58. The third-order valence-electron chi connectivity index (χ3n) is 4.54. The fourth-order valence-corrected chi connectivity index (χ4v) is 2.90. The molecule has 0 bridgehead atoms. The minimum absolute atomic E-state index is 0.206. The predicted octanol–water partition coefficient (Wildman–Crippen LogP) is 4.78. The number of rotatable bonds is 4. The number of hydrogen-bond acceptors (Lipinski definition) is 5. The molecule has 7 heteroatoms. The first kappa shape index (κ1) is 18.7. The molecule has 1 amide bonds. The molecule has 0 fully saturated rings. The van der Waals surface area contributed by atoms with Crippen molar-refractivity contribution in [1.29, 1.82) is 0 Å². The molecule has 4 rings (SSSR count). The maximum atomic E-state index is 12.6. The molecular weight excluding hydrogens is 368 g/mol. The Hall–Kier alpha value is -3.61. The van der Waals surface area contributed by atoms with E-state index in [1.54, 1.807) is 7.11 Å². The van der Waals surface area contributed by atoms with E-state index in [0.717, 1.165) is 22.2 Å². The molecule has 0 saturated heterocycles. The van der Waals surface area contributed by atoms with Crippen LogP contribution in [-0.4, -0.2) is 28.1 Å². The second kappa shape index (κ2) is 7.09. The highest BCUT2D eigenvalue weighted by atomic mass is 16.5. The van der Waals surface area contributed by atoms with E-state index < -0.39 is 0 Å². The summed E-state index contributed by atoms with van der Waals surface area (Å²) in [7, 11) is 1.61. The van der Waals surface area contributed by atoms with Crippen LogP contribution < -0.4 is 10.1 Å². The summed E-state index contributed by atoms with van der Waals surface area (Å²) in [4.78, 5) is 20.2. The molecule has 0 aliphatic carbocycles. The van der Waals surface area contributed by atoms with Crippen molar-refractivity contribution in [3.63, 3.8) is 0 Å². The lowest BCUT2D eigenvalue weighted by molar-refractivity contribution is 0.102. The zero-order valence-corrected chi connectivity index (χ0v) is 16.7. The van der Waals surface area contributed by atoms with E-state index in [4.69, 9.17) is 9.26 Å². The van der Waals surface area contributed by atoms with Crippen LogP contribution in [0.1, 0.15) is 37.2 Å². The van der Waals surface area contributed by atoms with Crippen molar-refractivity contribution in [1.82, 2.24) is 15.1 Å². The molecule has 0 saturated carbocycles. The molecule has 2 aromatic heterocycles. The summed E-state index contributed by atoms with van der Waals surface area (Å²) >= 11 is 0. The summed E-state index contributed by atoms with van der Waals surface area (Å²) in [6.45, 7) is 6.05. The highest BCUT2D eigenvalue weighted by Crippen LogP contribution is 2.25. The molecule has 7 nitrogen and oxygen atoms in total. The molecule has 0 spiro atoms. The Morgan fingerprint density at radius 1 is 1.10 bits per heavy atom. The van der Waals surface area contributed by atoms with Gasteiger partial charge in [-0.05, 0) is 42.5 Å². The third-order valence-corrected chi connectivity index (χ3v) is 4.54. The zero-order valence-electron chi connectivity index (χ0n) is 16.7. The summed E-state index contributed by atoms with van der Waals surface area (Å²) in [5.41, 5.74) is 2.61. The van der Waals surface area contributed by atoms with Crippen molar-refractivity contribution in [3.05, 3.63) is 60.1 Å². The van der Waals surface area contributed by atoms with Gasteiger partial charge >= 0.3 is 0 Å². The lowest BCUT2D eigenvalue weighted by atomic mass is 9.97. The Bertz CT molecular complexity index is 1170. The highest BCUT2D eigenvalue weighted by molar-refractivity contribution is 6.06. The van der Waals surface area contributed by atoms with Crippen LogP contribution in [0.25, 0.3) is 22.3 Å². The minimum Gasteiger partial charge on any atom is -0.497 e. The number of anilines is 1. The molecule has 0 unspecified atom stereocenters. The molecule has 148 valence electrons. The Morgan fingerprint density at radius 3 is 2.52 bits per heavy atom. The van der Waals surface area contributed by atoms with E-state index in [0.29, 0.717) is 23.1 Å². The number of fused-ring (bicyclic) bond motifs is 1. The monoisotopic (exact) mass is 390 g/mol. The SMILES string of the molecule is COc1ccc2cc(C(=O)Nc3ccc(-c4noc(C(C)(C)C)n4)cc3)[nH]c2c1. The second-order valence-electron chi connectivity index (χ2n) is 7.84. The first-order chi connectivity index (χ1) is 13.8. The van der Waals surface area contributed by atoms with Gasteiger partial charge < -0.3 is 19.6 Å². The smallest absolute Gasteiger partial charge is 0.272 e. The number of carbonyl (C=O) groups is 1. The summed E-state index contributed by atoms with van der Waals surface area (Å²) in [5, 5.41) is 7.87. The van der Waals surface area contributed by atoms with E-state index in [1.165, 1.54) is 0 Å². The van der Waals surface area contributed by atoms with Gasteiger partial charge in [-0.3, -0.25) is 4.79 Å². The number of amides is 1. The van der Waals surface area contributed by atoms with Gasteiger partial charge in [0.2, 0.25) is 11.7 Å². The Labute approximate surface area is 168 Å². The van der Waals surface area contributed by atoms with Gasteiger partial charge in [0.25, 0.3) is 5.91 Å². The number of aromatic amines is 1. The van der Waals surface area contributed by atoms with E-state index in [2.05, 4.69) is 20.4 Å².